The fraction of sp³-hybridized carbons (Fsp3) is 0.222. The smallest absolute Gasteiger partial charge is 0.253 e. The minimum atomic E-state index is -1.87. The third-order valence-electron chi connectivity index (χ3n) is 3.62. The van der Waals surface area contributed by atoms with Gasteiger partial charge in [0.25, 0.3) is 5.91 Å². The van der Waals surface area contributed by atoms with Crippen molar-refractivity contribution in [3.8, 4) is 11.5 Å². The minimum Gasteiger partial charge on any atom is -0.497 e. The second-order valence-electron chi connectivity index (χ2n) is 5.62. The van der Waals surface area contributed by atoms with E-state index < -0.39 is 15.9 Å². The van der Waals surface area contributed by atoms with Crippen LogP contribution in [0.1, 0.15) is 10.4 Å². The Labute approximate surface area is 202 Å². The Morgan fingerprint density at radius 1 is 1.10 bits per heavy atom. The maximum Gasteiger partial charge on any atom is 0.253 e. The first kappa shape index (κ1) is 24.1. The van der Waals surface area contributed by atoms with Crippen LogP contribution in [0.25, 0.3) is 0 Å². The van der Waals surface area contributed by atoms with Gasteiger partial charge in [-0.25, -0.2) is 0 Å². The van der Waals surface area contributed by atoms with E-state index in [9.17, 15) is 4.79 Å². The molecule has 0 saturated carbocycles. The molecule has 1 unspecified atom stereocenters. The summed E-state index contributed by atoms with van der Waals surface area (Å²) in [5, 5.41) is 8.49. The molecule has 0 aliphatic heterocycles. The second-order valence-corrected chi connectivity index (χ2v) is 9.65. The third kappa shape index (κ3) is 7.21. The molecular formula is C18H17Cl3IN3O3S. The molecule has 0 saturated heterocycles. The van der Waals surface area contributed by atoms with Crippen molar-refractivity contribution >= 4 is 86.3 Å². The number of ether oxygens (including phenoxy) is 2. The number of halogens is 4. The number of carbonyl (C=O) groups is 1. The zero-order valence-corrected chi connectivity index (χ0v) is 20.5. The molecule has 29 heavy (non-hydrogen) atoms. The van der Waals surface area contributed by atoms with Gasteiger partial charge < -0.3 is 25.4 Å². The zero-order valence-electron chi connectivity index (χ0n) is 15.3. The first-order valence-corrected chi connectivity index (χ1v) is 10.7. The van der Waals surface area contributed by atoms with Gasteiger partial charge in [-0.05, 0) is 65.1 Å². The summed E-state index contributed by atoms with van der Waals surface area (Å²) < 4.78 is 9.53. The van der Waals surface area contributed by atoms with E-state index in [0.29, 0.717) is 22.7 Å². The second kappa shape index (κ2) is 10.7. The molecule has 156 valence electrons. The van der Waals surface area contributed by atoms with Crippen LogP contribution in [-0.2, 0) is 0 Å². The molecule has 2 rings (SSSR count). The van der Waals surface area contributed by atoms with E-state index in [0.717, 1.165) is 3.57 Å². The largest absolute Gasteiger partial charge is 0.497 e. The number of alkyl halides is 3. The highest BCUT2D eigenvalue weighted by Gasteiger charge is 2.35. The van der Waals surface area contributed by atoms with E-state index in [1.165, 1.54) is 7.11 Å². The molecule has 1 amide bonds. The summed E-state index contributed by atoms with van der Waals surface area (Å²) >= 11 is 25.5. The highest BCUT2D eigenvalue weighted by atomic mass is 127. The van der Waals surface area contributed by atoms with E-state index in [1.807, 2.05) is 6.07 Å². The average molecular weight is 589 g/mol. The van der Waals surface area contributed by atoms with Gasteiger partial charge in [-0.3, -0.25) is 4.79 Å². The first-order chi connectivity index (χ1) is 13.6. The molecule has 1 atom stereocenters. The monoisotopic (exact) mass is 587 g/mol. The van der Waals surface area contributed by atoms with E-state index >= 15 is 0 Å². The van der Waals surface area contributed by atoms with E-state index in [-0.39, 0.29) is 5.11 Å². The SMILES string of the molecule is COc1ccc(OC)c(NC(=S)NC(NC(=O)c2cccc(I)c2)C(Cl)(Cl)Cl)c1. The van der Waals surface area contributed by atoms with Gasteiger partial charge in [0.15, 0.2) is 5.11 Å². The first-order valence-electron chi connectivity index (χ1n) is 8.06. The van der Waals surface area contributed by atoms with Crippen LogP contribution in [0.15, 0.2) is 42.5 Å². The van der Waals surface area contributed by atoms with Crippen LogP contribution in [0.2, 0.25) is 0 Å². The fourth-order valence-electron chi connectivity index (χ4n) is 2.25. The molecule has 0 spiro atoms. The van der Waals surface area contributed by atoms with E-state index in [2.05, 4.69) is 38.5 Å². The summed E-state index contributed by atoms with van der Waals surface area (Å²) in [4.78, 5) is 12.5. The Bertz CT molecular complexity index is 896. The van der Waals surface area contributed by atoms with Crippen LogP contribution in [0, 0.1) is 3.57 Å². The molecule has 0 aromatic heterocycles. The van der Waals surface area contributed by atoms with Gasteiger partial charge in [-0.2, -0.15) is 0 Å². The van der Waals surface area contributed by atoms with Gasteiger partial charge in [0, 0.05) is 15.2 Å². The van der Waals surface area contributed by atoms with Gasteiger partial charge in [-0.15, -0.1) is 0 Å². The molecule has 11 heteroatoms. The summed E-state index contributed by atoms with van der Waals surface area (Å²) in [7, 11) is 3.07. The molecule has 2 aromatic rings. The van der Waals surface area contributed by atoms with Gasteiger partial charge in [0.1, 0.15) is 17.7 Å². The topological polar surface area (TPSA) is 71.6 Å². The quantitative estimate of drug-likeness (QED) is 0.196. The molecular weight excluding hydrogens is 572 g/mol. The maximum atomic E-state index is 12.5. The number of nitrogens with one attached hydrogen (secondary N) is 3. The minimum absolute atomic E-state index is 0.107. The summed E-state index contributed by atoms with van der Waals surface area (Å²) in [6.45, 7) is 0. The highest BCUT2D eigenvalue weighted by Crippen LogP contribution is 2.31. The number of rotatable bonds is 6. The predicted molar refractivity (Wildman–Crippen MR) is 130 cm³/mol. The van der Waals surface area contributed by atoms with E-state index in [4.69, 9.17) is 56.5 Å². The van der Waals surface area contributed by atoms with Crippen molar-refractivity contribution in [3.63, 3.8) is 0 Å². The summed E-state index contributed by atoms with van der Waals surface area (Å²) in [6, 6.07) is 12.1. The lowest BCUT2D eigenvalue weighted by Crippen LogP contribution is -2.56. The lowest BCUT2D eigenvalue weighted by molar-refractivity contribution is 0.0934. The van der Waals surface area contributed by atoms with Crippen LogP contribution in [0.3, 0.4) is 0 Å². The summed E-state index contributed by atoms with van der Waals surface area (Å²) in [6.07, 6.45) is -1.10. The van der Waals surface area contributed by atoms with Crippen molar-refractivity contribution < 1.29 is 14.3 Å². The van der Waals surface area contributed by atoms with Crippen LogP contribution in [0.5, 0.6) is 11.5 Å². The molecule has 2 aromatic carbocycles. The zero-order chi connectivity index (χ0) is 21.6. The van der Waals surface area contributed by atoms with Gasteiger partial charge >= 0.3 is 0 Å². The number of benzene rings is 2. The number of hydrogen-bond acceptors (Lipinski definition) is 4. The lowest BCUT2D eigenvalue weighted by Gasteiger charge is -2.28. The average Bonchev–Trinajstić information content (AvgIpc) is 2.66. The van der Waals surface area contributed by atoms with E-state index in [1.54, 1.807) is 43.5 Å². The van der Waals surface area contributed by atoms with Crippen molar-refractivity contribution in [1.29, 1.82) is 0 Å². The number of carbonyl (C=O) groups excluding carboxylic acids is 1. The Morgan fingerprint density at radius 2 is 1.83 bits per heavy atom. The van der Waals surface area contributed by atoms with Crippen LogP contribution in [0.4, 0.5) is 5.69 Å². The maximum absolute atomic E-state index is 12.5. The van der Waals surface area contributed by atoms with Gasteiger partial charge in [0.05, 0.1) is 19.9 Å². The lowest BCUT2D eigenvalue weighted by atomic mass is 10.2. The van der Waals surface area contributed by atoms with Gasteiger partial charge in [0.2, 0.25) is 3.79 Å². The molecule has 0 aliphatic rings. The third-order valence-corrected chi connectivity index (χ3v) is 5.17. The van der Waals surface area contributed by atoms with Crippen LogP contribution in [-0.4, -0.2) is 35.2 Å². The summed E-state index contributed by atoms with van der Waals surface area (Å²) in [5.41, 5.74) is 0.961. The van der Waals surface area contributed by atoms with Crippen molar-refractivity contribution in [1.82, 2.24) is 10.6 Å². The number of methoxy groups -OCH3 is 2. The van der Waals surface area contributed by atoms with Gasteiger partial charge in [-0.1, -0.05) is 40.9 Å². The van der Waals surface area contributed by atoms with Crippen LogP contribution < -0.4 is 25.4 Å². The normalized spacial score (nSPS) is 11.9. The summed E-state index contributed by atoms with van der Waals surface area (Å²) in [5.74, 6) is 0.707. The van der Waals surface area contributed by atoms with Crippen molar-refractivity contribution in [2.45, 2.75) is 9.96 Å². The fourth-order valence-corrected chi connectivity index (χ4v) is 3.34. The predicted octanol–water partition coefficient (Wildman–Crippen LogP) is 4.72. The molecule has 0 fully saturated rings. The van der Waals surface area contributed by atoms with Crippen molar-refractivity contribution in [3.05, 3.63) is 51.6 Å². The number of thiocarbonyl (C=S) groups is 1. The molecule has 0 aliphatic carbocycles. The van der Waals surface area contributed by atoms with Crippen molar-refractivity contribution in [2.75, 3.05) is 19.5 Å². The standard InChI is InChI=1S/C18H17Cl3IN3O3S/c1-27-12-6-7-14(28-2)13(9-12)23-17(29)25-16(18(19,20)21)24-15(26)10-4-3-5-11(22)8-10/h3-9,16H,1-2H3,(H,24,26)(H2,23,25,29). The molecule has 6 nitrogen and oxygen atoms in total. The molecule has 0 bridgehead atoms. The number of amides is 1. The number of hydrogen-bond donors (Lipinski definition) is 3. The Balaban J connectivity index is 2.14. The molecule has 0 radical (unpaired) electrons. The van der Waals surface area contributed by atoms with Crippen molar-refractivity contribution in [2.24, 2.45) is 0 Å². The van der Waals surface area contributed by atoms with Crippen LogP contribution >= 0.6 is 69.6 Å². The molecule has 3 N–H and O–H groups in total. The Morgan fingerprint density at radius 3 is 2.41 bits per heavy atom. The molecule has 0 heterocycles. The number of anilines is 1. The highest BCUT2D eigenvalue weighted by molar-refractivity contribution is 14.1. The Hall–Kier alpha value is -1.20. The Kier molecular flexibility index (Phi) is 8.90.